The van der Waals surface area contributed by atoms with Crippen LogP contribution in [0.25, 0.3) is 0 Å². The molecule has 1 fully saturated rings. The molecule has 0 bridgehead atoms. The molecule has 6 nitrogen and oxygen atoms in total. The van der Waals surface area contributed by atoms with E-state index in [-0.39, 0.29) is 5.84 Å². The van der Waals surface area contributed by atoms with Crippen LogP contribution in [0.4, 0.5) is 0 Å². The Labute approximate surface area is 112 Å². The first-order valence-electron chi connectivity index (χ1n) is 6.28. The standard InChI is InChI=1S/C13H19N3O3/c1-8-5-11(19-7-10-3-4-18-6-10)12(9(2)15-8)13(14)16-17/h5,10,17H,3-4,6-7H2,1-2H3,(H2,14,16). The van der Waals surface area contributed by atoms with Gasteiger partial charge in [0.05, 0.1) is 24.5 Å². The van der Waals surface area contributed by atoms with Crippen LogP contribution in [-0.4, -0.2) is 35.8 Å². The molecule has 6 heteroatoms. The summed E-state index contributed by atoms with van der Waals surface area (Å²) in [4.78, 5) is 4.31. The number of amidine groups is 1. The van der Waals surface area contributed by atoms with E-state index >= 15 is 0 Å². The van der Waals surface area contributed by atoms with E-state index in [0.717, 1.165) is 25.3 Å². The van der Waals surface area contributed by atoms with Crippen LogP contribution in [0.1, 0.15) is 23.4 Å². The van der Waals surface area contributed by atoms with Crippen molar-refractivity contribution in [2.75, 3.05) is 19.8 Å². The van der Waals surface area contributed by atoms with Crippen molar-refractivity contribution in [2.24, 2.45) is 16.8 Å². The van der Waals surface area contributed by atoms with Gasteiger partial charge in [-0.15, -0.1) is 0 Å². The lowest BCUT2D eigenvalue weighted by molar-refractivity contribution is 0.167. The monoisotopic (exact) mass is 265 g/mol. The summed E-state index contributed by atoms with van der Waals surface area (Å²) in [5.41, 5.74) is 7.76. The summed E-state index contributed by atoms with van der Waals surface area (Å²) in [6.07, 6.45) is 1.00. The number of aromatic nitrogens is 1. The molecular formula is C13H19N3O3. The van der Waals surface area contributed by atoms with Gasteiger partial charge in [0.15, 0.2) is 5.84 Å². The quantitative estimate of drug-likeness (QED) is 0.369. The fourth-order valence-corrected chi connectivity index (χ4v) is 2.19. The number of nitrogens with zero attached hydrogens (tertiary/aromatic N) is 2. The number of pyridine rings is 1. The summed E-state index contributed by atoms with van der Waals surface area (Å²) in [6.45, 7) is 5.77. The normalized spacial score (nSPS) is 19.7. The lowest BCUT2D eigenvalue weighted by atomic mass is 10.1. The highest BCUT2D eigenvalue weighted by molar-refractivity contribution is 6.00. The average molecular weight is 265 g/mol. The summed E-state index contributed by atoms with van der Waals surface area (Å²) in [5, 5.41) is 11.9. The van der Waals surface area contributed by atoms with Gasteiger partial charge in [0.25, 0.3) is 0 Å². The molecule has 0 amide bonds. The molecule has 1 saturated heterocycles. The predicted octanol–water partition coefficient (Wildman–Crippen LogP) is 1.21. The van der Waals surface area contributed by atoms with E-state index < -0.39 is 0 Å². The zero-order valence-electron chi connectivity index (χ0n) is 11.2. The first-order chi connectivity index (χ1) is 9.11. The van der Waals surface area contributed by atoms with Gasteiger partial charge in [0, 0.05) is 24.3 Å². The first kappa shape index (κ1) is 13.6. The summed E-state index contributed by atoms with van der Waals surface area (Å²) in [6, 6.07) is 1.80. The Kier molecular flexibility index (Phi) is 4.21. The van der Waals surface area contributed by atoms with Crippen LogP contribution in [0.2, 0.25) is 0 Å². The highest BCUT2D eigenvalue weighted by Crippen LogP contribution is 2.24. The molecule has 19 heavy (non-hydrogen) atoms. The molecule has 1 atom stereocenters. The fourth-order valence-electron chi connectivity index (χ4n) is 2.19. The number of rotatable bonds is 4. The molecule has 2 heterocycles. The van der Waals surface area contributed by atoms with Crippen molar-refractivity contribution >= 4 is 5.84 Å². The molecule has 0 saturated carbocycles. The molecule has 1 aliphatic rings. The highest BCUT2D eigenvalue weighted by atomic mass is 16.5. The van der Waals surface area contributed by atoms with Crippen molar-refractivity contribution in [3.8, 4) is 5.75 Å². The predicted molar refractivity (Wildman–Crippen MR) is 70.6 cm³/mol. The van der Waals surface area contributed by atoms with E-state index in [1.54, 1.807) is 6.07 Å². The highest BCUT2D eigenvalue weighted by Gasteiger charge is 2.19. The number of ether oxygens (including phenoxy) is 2. The van der Waals surface area contributed by atoms with E-state index in [1.807, 2.05) is 13.8 Å². The lowest BCUT2D eigenvalue weighted by Crippen LogP contribution is -2.19. The third kappa shape index (κ3) is 3.14. The van der Waals surface area contributed by atoms with Crippen LogP contribution < -0.4 is 10.5 Å². The Balaban J connectivity index is 2.21. The zero-order chi connectivity index (χ0) is 13.8. The summed E-state index contributed by atoms with van der Waals surface area (Å²) in [5.74, 6) is 1.02. The molecule has 3 N–H and O–H groups in total. The van der Waals surface area contributed by atoms with Crippen LogP contribution in [0, 0.1) is 19.8 Å². The third-order valence-electron chi connectivity index (χ3n) is 3.15. The maximum Gasteiger partial charge on any atom is 0.175 e. The van der Waals surface area contributed by atoms with E-state index in [4.69, 9.17) is 20.4 Å². The SMILES string of the molecule is Cc1cc(OCC2CCOC2)c(/C(N)=N/O)c(C)n1. The molecular weight excluding hydrogens is 246 g/mol. The van der Waals surface area contributed by atoms with Gasteiger partial charge >= 0.3 is 0 Å². The Bertz CT molecular complexity index is 482. The molecule has 1 aliphatic heterocycles. The second-order valence-corrected chi connectivity index (χ2v) is 4.75. The van der Waals surface area contributed by atoms with Gasteiger partial charge in [-0.05, 0) is 20.3 Å². The van der Waals surface area contributed by atoms with Crippen molar-refractivity contribution in [1.82, 2.24) is 4.98 Å². The molecule has 1 unspecified atom stereocenters. The van der Waals surface area contributed by atoms with Gasteiger partial charge < -0.3 is 20.4 Å². The zero-order valence-corrected chi connectivity index (χ0v) is 11.2. The smallest absolute Gasteiger partial charge is 0.175 e. The van der Waals surface area contributed by atoms with Crippen molar-refractivity contribution < 1.29 is 14.7 Å². The number of aryl methyl sites for hydroxylation is 2. The van der Waals surface area contributed by atoms with E-state index in [1.165, 1.54) is 0 Å². The number of oxime groups is 1. The molecule has 0 aromatic carbocycles. The molecule has 0 aliphatic carbocycles. The number of hydrogen-bond acceptors (Lipinski definition) is 5. The van der Waals surface area contributed by atoms with Crippen LogP contribution in [0.5, 0.6) is 5.75 Å². The molecule has 2 rings (SSSR count). The molecule has 104 valence electrons. The fraction of sp³-hybridized carbons (Fsp3) is 0.538. The number of nitrogens with two attached hydrogens (primary N) is 1. The Morgan fingerprint density at radius 1 is 1.63 bits per heavy atom. The summed E-state index contributed by atoms with van der Waals surface area (Å²) >= 11 is 0. The van der Waals surface area contributed by atoms with Gasteiger partial charge in [-0.3, -0.25) is 4.98 Å². The van der Waals surface area contributed by atoms with E-state index in [2.05, 4.69) is 10.1 Å². The molecule has 0 spiro atoms. The van der Waals surface area contributed by atoms with Gasteiger partial charge in [-0.2, -0.15) is 0 Å². The van der Waals surface area contributed by atoms with Crippen LogP contribution in [-0.2, 0) is 4.74 Å². The lowest BCUT2D eigenvalue weighted by Gasteiger charge is -2.15. The minimum atomic E-state index is 0.0164. The third-order valence-corrected chi connectivity index (χ3v) is 3.15. The number of hydrogen-bond donors (Lipinski definition) is 2. The van der Waals surface area contributed by atoms with Crippen molar-refractivity contribution in [2.45, 2.75) is 20.3 Å². The largest absolute Gasteiger partial charge is 0.492 e. The maximum atomic E-state index is 8.85. The molecule has 1 aromatic rings. The minimum absolute atomic E-state index is 0.0164. The van der Waals surface area contributed by atoms with Crippen LogP contribution in [0.15, 0.2) is 11.2 Å². The Morgan fingerprint density at radius 2 is 2.42 bits per heavy atom. The second kappa shape index (κ2) is 5.88. The van der Waals surface area contributed by atoms with Crippen molar-refractivity contribution in [3.05, 3.63) is 23.0 Å². The van der Waals surface area contributed by atoms with Crippen molar-refractivity contribution in [1.29, 1.82) is 0 Å². The Morgan fingerprint density at radius 3 is 3.05 bits per heavy atom. The molecule has 0 radical (unpaired) electrons. The molecule has 1 aromatic heterocycles. The van der Waals surface area contributed by atoms with Gasteiger partial charge in [-0.25, -0.2) is 0 Å². The minimum Gasteiger partial charge on any atom is -0.492 e. The first-order valence-corrected chi connectivity index (χ1v) is 6.28. The van der Waals surface area contributed by atoms with Crippen LogP contribution >= 0.6 is 0 Å². The topological polar surface area (TPSA) is 90.0 Å². The van der Waals surface area contributed by atoms with Crippen molar-refractivity contribution in [3.63, 3.8) is 0 Å². The average Bonchev–Trinajstić information content (AvgIpc) is 2.88. The second-order valence-electron chi connectivity index (χ2n) is 4.75. The maximum absolute atomic E-state index is 8.85. The van der Waals surface area contributed by atoms with Gasteiger partial charge in [0.1, 0.15) is 5.75 Å². The van der Waals surface area contributed by atoms with Gasteiger partial charge in [-0.1, -0.05) is 5.16 Å². The summed E-state index contributed by atoms with van der Waals surface area (Å²) in [7, 11) is 0. The Hall–Kier alpha value is -1.82. The van der Waals surface area contributed by atoms with Gasteiger partial charge in [0.2, 0.25) is 0 Å². The van der Waals surface area contributed by atoms with E-state index in [0.29, 0.717) is 29.5 Å². The van der Waals surface area contributed by atoms with Crippen LogP contribution in [0.3, 0.4) is 0 Å². The summed E-state index contributed by atoms with van der Waals surface area (Å²) < 4.78 is 11.1. The van der Waals surface area contributed by atoms with E-state index in [9.17, 15) is 0 Å².